The van der Waals surface area contributed by atoms with Gasteiger partial charge in [0, 0.05) is 19.3 Å². The van der Waals surface area contributed by atoms with Gasteiger partial charge in [-0.3, -0.25) is 14.4 Å². The van der Waals surface area contributed by atoms with E-state index in [0.717, 1.165) is 96.3 Å². The summed E-state index contributed by atoms with van der Waals surface area (Å²) < 4.78 is 16.8. The SMILES string of the molecule is CCCCC/C=C\CCCCCCCC(=O)OCC(COC(=O)CCCCCCC\C=C/C=C\C=C/CCCCCCC)OC(=O)CCCCC/C=C\CCCCCCCCC. The summed E-state index contributed by atoms with van der Waals surface area (Å²) in [6.07, 6.45) is 62.0. The quantitative estimate of drug-likeness (QED) is 0.0199. The van der Waals surface area contributed by atoms with Crippen LogP contribution in [0.2, 0.25) is 0 Å². The molecule has 0 aliphatic rings. The van der Waals surface area contributed by atoms with E-state index in [2.05, 4.69) is 81.5 Å². The Hall–Kier alpha value is -2.89. The van der Waals surface area contributed by atoms with Crippen molar-refractivity contribution >= 4 is 17.9 Å². The van der Waals surface area contributed by atoms with Gasteiger partial charge in [-0.1, -0.05) is 204 Å². The van der Waals surface area contributed by atoms with Gasteiger partial charge in [-0.05, 0) is 96.3 Å². The average molecular weight is 867 g/mol. The first-order valence-electron chi connectivity index (χ1n) is 26.3. The summed E-state index contributed by atoms with van der Waals surface area (Å²) in [5.74, 6) is -0.932. The Bertz CT molecular complexity index is 1130. The number of esters is 3. The predicted octanol–water partition coefficient (Wildman–Crippen LogP) is 17.3. The number of allylic oxidation sites excluding steroid dienone is 10. The molecule has 6 heteroatoms. The topological polar surface area (TPSA) is 78.9 Å². The zero-order valence-electron chi connectivity index (χ0n) is 40.9. The Morgan fingerprint density at radius 3 is 0.984 bits per heavy atom. The maximum Gasteiger partial charge on any atom is 0.306 e. The molecule has 0 saturated heterocycles. The van der Waals surface area contributed by atoms with Gasteiger partial charge >= 0.3 is 17.9 Å². The van der Waals surface area contributed by atoms with Crippen LogP contribution in [0.25, 0.3) is 0 Å². The average Bonchev–Trinajstić information content (AvgIpc) is 3.27. The van der Waals surface area contributed by atoms with Crippen LogP contribution in [0.4, 0.5) is 0 Å². The van der Waals surface area contributed by atoms with Crippen molar-refractivity contribution in [2.75, 3.05) is 13.2 Å². The van der Waals surface area contributed by atoms with E-state index in [9.17, 15) is 14.4 Å². The monoisotopic (exact) mass is 867 g/mol. The highest BCUT2D eigenvalue weighted by atomic mass is 16.6. The molecule has 0 spiro atoms. The molecule has 0 saturated carbocycles. The first-order valence-corrected chi connectivity index (χ1v) is 26.3. The minimum Gasteiger partial charge on any atom is -0.462 e. The highest BCUT2D eigenvalue weighted by Gasteiger charge is 2.19. The molecule has 0 aliphatic carbocycles. The van der Waals surface area contributed by atoms with E-state index in [1.165, 1.54) is 122 Å². The van der Waals surface area contributed by atoms with Crippen LogP contribution in [0, 0.1) is 0 Å². The maximum absolute atomic E-state index is 12.8. The predicted molar refractivity (Wildman–Crippen MR) is 265 cm³/mol. The van der Waals surface area contributed by atoms with Crippen molar-refractivity contribution in [3.63, 3.8) is 0 Å². The van der Waals surface area contributed by atoms with Crippen molar-refractivity contribution in [3.8, 4) is 0 Å². The van der Waals surface area contributed by atoms with Crippen LogP contribution in [0.15, 0.2) is 60.8 Å². The zero-order chi connectivity index (χ0) is 45.1. The second-order valence-corrected chi connectivity index (χ2v) is 17.5. The number of carbonyl (C=O) groups is 3. The normalized spacial score (nSPS) is 12.5. The third-order valence-corrected chi connectivity index (χ3v) is 11.3. The highest BCUT2D eigenvalue weighted by Crippen LogP contribution is 2.14. The van der Waals surface area contributed by atoms with E-state index < -0.39 is 6.10 Å². The van der Waals surface area contributed by atoms with Crippen molar-refractivity contribution in [1.82, 2.24) is 0 Å². The third kappa shape index (κ3) is 48.1. The van der Waals surface area contributed by atoms with Crippen molar-refractivity contribution in [1.29, 1.82) is 0 Å². The fourth-order valence-corrected chi connectivity index (χ4v) is 7.26. The molecule has 6 nitrogen and oxygen atoms in total. The third-order valence-electron chi connectivity index (χ3n) is 11.3. The first-order chi connectivity index (χ1) is 30.5. The van der Waals surface area contributed by atoms with Gasteiger partial charge in [0.1, 0.15) is 13.2 Å². The molecule has 0 bridgehead atoms. The molecule has 0 aliphatic heterocycles. The molecular weight excluding hydrogens is 769 g/mol. The molecule has 1 unspecified atom stereocenters. The molecule has 62 heavy (non-hydrogen) atoms. The Kier molecular flexibility index (Phi) is 48.4. The lowest BCUT2D eigenvalue weighted by molar-refractivity contribution is -0.167. The number of hydrogen-bond donors (Lipinski definition) is 0. The van der Waals surface area contributed by atoms with Crippen LogP contribution in [0.5, 0.6) is 0 Å². The fraction of sp³-hybridized carbons (Fsp3) is 0.768. The van der Waals surface area contributed by atoms with E-state index in [1.54, 1.807) is 0 Å². The van der Waals surface area contributed by atoms with E-state index in [-0.39, 0.29) is 31.1 Å². The summed E-state index contributed by atoms with van der Waals surface area (Å²) in [5.41, 5.74) is 0. The lowest BCUT2D eigenvalue weighted by Crippen LogP contribution is -2.30. The molecule has 358 valence electrons. The second-order valence-electron chi connectivity index (χ2n) is 17.5. The first kappa shape index (κ1) is 59.1. The summed E-state index contributed by atoms with van der Waals surface area (Å²) in [6.45, 7) is 6.56. The molecule has 0 aromatic rings. The van der Waals surface area contributed by atoms with Gasteiger partial charge in [-0.15, -0.1) is 0 Å². The number of rotatable bonds is 47. The van der Waals surface area contributed by atoms with Crippen molar-refractivity contribution < 1.29 is 28.6 Å². The van der Waals surface area contributed by atoms with E-state index in [0.29, 0.717) is 19.3 Å². The van der Waals surface area contributed by atoms with Crippen LogP contribution in [0.1, 0.15) is 258 Å². The highest BCUT2D eigenvalue weighted by molar-refractivity contribution is 5.71. The van der Waals surface area contributed by atoms with Gasteiger partial charge in [0.25, 0.3) is 0 Å². The molecule has 0 heterocycles. The Labute approximate surface area is 383 Å². The Morgan fingerprint density at radius 1 is 0.323 bits per heavy atom. The van der Waals surface area contributed by atoms with Gasteiger partial charge in [-0.2, -0.15) is 0 Å². The van der Waals surface area contributed by atoms with Crippen LogP contribution in [-0.4, -0.2) is 37.2 Å². The standard InChI is InChI=1S/C56H98O6/c1-4-7-10-13-16-19-22-25-27-28-29-30-32-34-37-40-43-46-49-55(58)61-52-53(51-60-54(57)48-45-42-39-36-33-24-21-18-15-12-9-6-3)62-56(59)50-47-44-41-38-35-31-26-23-20-17-14-11-8-5-2/h18,21-22,25,27-31,35,53H,4-17,19-20,23-24,26,32-34,36-52H2,1-3H3/b21-18-,25-22-,28-27-,30-29-,35-31-. The minimum atomic E-state index is -0.792. The molecule has 0 N–H and O–H groups in total. The van der Waals surface area contributed by atoms with Crippen LogP contribution < -0.4 is 0 Å². The molecule has 0 radical (unpaired) electrons. The van der Waals surface area contributed by atoms with Crippen molar-refractivity contribution in [3.05, 3.63) is 60.8 Å². The van der Waals surface area contributed by atoms with Gasteiger partial charge in [0.2, 0.25) is 0 Å². The second kappa shape index (κ2) is 50.8. The van der Waals surface area contributed by atoms with Crippen LogP contribution in [0.3, 0.4) is 0 Å². The molecule has 0 fully saturated rings. The van der Waals surface area contributed by atoms with E-state index in [1.807, 2.05) is 0 Å². The van der Waals surface area contributed by atoms with E-state index >= 15 is 0 Å². The number of unbranched alkanes of at least 4 members (excludes halogenated alkanes) is 28. The number of ether oxygens (including phenoxy) is 3. The largest absolute Gasteiger partial charge is 0.462 e. The Morgan fingerprint density at radius 2 is 0.597 bits per heavy atom. The van der Waals surface area contributed by atoms with Crippen molar-refractivity contribution in [2.45, 2.75) is 264 Å². The van der Waals surface area contributed by atoms with E-state index in [4.69, 9.17) is 14.2 Å². The van der Waals surface area contributed by atoms with Crippen LogP contribution in [-0.2, 0) is 28.6 Å². The summed E-state index contributed by atoms with van der Waals surface area (Å²) >= 11 is 0. The maximum atomic E-state index is 12.8. The molecule has 0 aromatic heterocycles. The zero-order valence-corrected chi connectivity index (χ0v) is 40.9. The molecule has 0 amide bonds. The summed E-state index contributed by atoms with van der Waals surface area (Å²) in [4.78, 5) is 38.0. The molecular formula is C56H98O6. The Balaban J connectivity index is 4.43. The number of carbonyl (C=O) groups excluding carboxylic acids is 3. The van der Waals surface area contributed by atoms with Gasteiger partial charge in [0.05, 0.1) is 0 Å². The van der Waals surface area contributed by atoms with Crippen molar-refractivity contribution in [2.24, 2.45) is 0 Å². The minimum absolute atomic E-state index is 0.0912. The van der Waals surface area contributed by atoms with Gasteiger partial charge < -0.3 is 14.2 Å². The molecule has 1 atom stereocenters. The van der Waals surface area contributed by atoms with Gasteiger partial charge in [0.15, 0.2) is 6.10 Å². The smallest absolute Gasteiger partial charge is 0.306 e. The lowest BCUT2D eigenvalue weighted by Gasteiger charge is -2.18. The summed E-state index contributed by atoms with van der Waals surface area (Å²) in [5, 5.41) is 0. The van der Waals surface area contributed by atoms with Gasteiger partial charge in [-0.25, -0.2) is 0 Å². The fourth-order valence-electron chi connectivity index (χ4n) is 7.26. The van der Waals surface area contributed by atoms with Crippen LogP contribution >= 0.6 is 0 Å². The number of hydrogen-bond acceptors (Lipinski definition) is 6. The summed E-state index contributed by atoms with van der Waals surface area (Å²) in [6, 6.07) is 0. The summed E-state index contributed by atoms with van der Waals surface area (Å²) in [7, 11) is 0. The molecule has 0 rings (SSSR count). The molecule has 0 aromatic carbocycles. The lowest BCUT2D eigenvalue weighted by atomic mass is 10.1.